The lowest BCUT2D eigenvalue weighted by Gasteiger charge is -2.45. The highest BCUT2D eigenvalue weighted by atomic mass is 32.2. The second kappa shape index (κ2) is 10.9. The number of esters is 2. The SMILES string of the molecule is CCc1c(C2(OC(=O)CC(=O)O)CCC(C(C)C3C4C=CC(S4)C3C3(OC(=O)CC(=O)O)CCCC3)C2)c2ccc1o2. The first-order valence-electron chi connectivity index (χ1n) is 15.1. The van der Waals surface area contributed by atoms with E-state index in [-0.39, 0.29) is 34.2 Å². The van der Waals surface area contributed by atoms with Crippen LogP contribution in [-0.2, 0) is 40.7 Å². The number of carbonyl (C=O) groups is 4. The van der Waals surface area contributed by atoms with Crippen LogP contribution in [0.3, 0.4) is 0 Å². The molecular weight excluding hydrogens is 560 g/mol. The van der Waals surface area contributed by atoms with Gasteiger partial charge in [0, 0.05) is 27.5 Å². The Labute approximate surface area is 248 Å². The number of carbonyl (C=O) groups excluding carboxylic acids is 2. The number of furan rings is 2. The van der Waals surface area contributed by atoms with Crippen molar-refractivity contribution in [1.82, 2.24) is 0 Å². The Hall–Kier alpha value is -3.01. The number of aliphatic carboxylic acids is 2. The van der Waals surface area contributed by atoms with Crippen LogP contribution < -0.4 is 0 Å². The highest BCUT2D eigenvalue weighted by Gasteiger charge is 2.61. The highest BCUT2D eigenvalue weighted by molar-refractivity contribution is 8.01. The number of benzene rings is 1. The number of aryl methyl sites for hydroxylation is 1. The normalized spacial score (nSPS) is 32.0. The van der Waals surface area contributed by atoms with Crippen LogP contribution in [-0.4, -0.2) is 50.2 Å². The number of fused-ring (bicyclic) bond motifs is 4. The van der Waals surface area contributed by atoms with E-state index in [2.05, 4.69) is 19.1 Å². The van der Waals surface area contributed by atoms with Crippen LogP contribution in [0, 0.1) is 23.7 Å². The fourth-order valence-electron chi connectivity index (χ4n) is 8.79. The van der Waals surface area contributed by atoms with Gasteiger partial charge in [0.25, 0.3) is 0 Å². The van der Waals surface area contributed by atoms with E-state index < -0.39 is 47.9 Å². The molecule has 42 heavy (non-hydrogen) atoms. The van der Waals surface area contributed by atoms with Crippen LogP contribution in [0.5, 0.6) is 0 Å². The zero-order chi connectivity index (χ0) is 29.8. The molecule has 226 valence electrons. The van der Waals surface area contributed by atoms with E-state index in [0.717, 1.165) is 48.8 Å². The number of carboxylic acid groups (broad SMARTS) is 2. The summed E-state index contributed by atoms with van der Waals surface area (Å²) in [7, 11) is 0. The first-order chi connectivity index (χ1) is 20.1. The third kappa shape index (κ3) is 4.89. The molecule has 2 saturated carbocycles. The zero-order valence-corrected chi connectivity index (χ0v) is 24.8. The van der Waals surface area contributed by atoms with Crippen LogP contribution in [0.4, 0.5) is 0 Å². The summed E-state index contributed by atoms with van der Waals surface area (Å²) in [6, 6.07) is 3.83. The Morgan fingerprint density at radius 2 is 1.62 bits per heavy atom. The molecule has 10 heteroatoms. The van der Waals surface area contributed by atoms with Crippen molar-refractivity contribution in [2.45, 2.75) is 99.8 Å². The van der Waals surface area contributed by atoms with Crippen LogP contribution in [0.1, 0.15) is 82.8 Å². The van der Waals surface area contributed by atoms with E-state index in [1.807, 2.05) is 30.8 Å². The Balaban J connectivity index is 1.30. The third-order valence-electron chi connectivity index (χ3n) is 10.3. The van der Waals surface area contributed by atoms with Crippen molar-refractivity contribution in [1.29, 1.82) is 0 Å². The lowest BCUT2D eigenvalue weighted by atomic mass is 9.64. The molecule has 4 heterocycles. The Kier molecular flexibility index (Phi) is 7.56. The Morgan fingerprint density at radius 3 is 2.29 bits per heavy atom. The van der Waals surface area contributed by atoms with Gasteiger partial charge in [-0.2, -0.15) is 0 Å². The topological polar surface area (TPSA) is 140 Å². The minimum atomic E-state index is -1.22. The number of thioether (sulfide) groups is 1. The molecule has 0 radical (unpaired) electrons. The maximum absolute atomic E-state index is 12.9. The average Bonchev–Trinajstić information content (AvgIpc) is 3.75. The second-order valence-electron chi connectivity index (χ2n) is 12.6. The molecule has 6 rings (SSSR count). The van der Waals surface area contributed by atoms with E-state index in [4.69, 9.17) is 13.9 Å². The Morgan fingerprint density at radius 1 is 0.976 bits per heavy atom. The van der Waals surface area contributed by atoms with Gasteiger partial charge in [0.05, 0.1) is 0 Å². The summed E-state index contributed by atoms with van der Waals surface area (Å²) in [4.78, 5) is 48.2. The van der Waals surface area contributed by atoms with Gasteiger partial charge in [-0.25, -0.2) is 0 Å². The molecule has 0 aromatic carbocycles. The second-order valence-corrected chi connectivity index (χ2v) is 14.0. The standard InChI is InChI=1S/C32H38O9S/c1-3-19-20-6-7-21(39-20)29(19)32(41-27(38)15-25(35)36)13-10-18(16-32)17(2)28-22-8-9-23(42-22)30(28)31(11-4-5-12-31)40-26(37)14-24(33)34/h6-9,17-18,22-23,28,30H,3-5,10-16H2,1-2H3,(H,33,34)(H,35,36). The number of rotatable bonds is 11. The molecule has 7 unspecified atom stereocenters. The maximum atomic E-state index is 12.9. The molecule has 2 aromatic heterocycles. The quantitative estimate of drug-likeness (QED) is 0.188. The van der Waals surface area contributed by atoms with E-state index >= 15 is 0 Å². The summed E-state index contributed by atoms with van der Waals surface area (Å²) in [5.41, 5.74) is 1.70. The first-order valence-corrected chi connectivity index (χ1v) is 16.1. The fraction of sp³-hybridized carbons (Fsp3) is 0.625. The van der Waals surface area contributed by atoms with Crippen LogP contribution in [0.2, 0.25) is 0 Å². The van der Waals surface area contributed by atoms with Crippen molar-refractivity contribution in [3.8, 4) is 0 Å². The lowest BCUT2D eigenvalue weighted by molar-refractivity contribution is -0.172. The number of carboxylic acids is 2. The molecule has 2 N–H and O–H groups in total. The molecule has 2 aromatic rings. The van der Waals surface area contributed by atoms with Crippen molar-refractivity contribution < 1.29 is 43.3 Å². The van der Waals surface area contributed by atoms with Crippen LogP contribution in [0.25, 0.3) is 11.2 Å². The summed E-state index contributed by atoms with van der Waals surface area (Å²) in [6.07, 6.45) is 9.16. The monoisotopic (exact) mass is 598 g/mol. The molecule has 0 spiro atoms. The van der Waals surface area contributed by atoms with E-state index in [1.54, 1.807) is 0 Å². The van der Waals surface area contributed by atoms with Gasteiger partial charge in [0.15, 0.2) is 0 Å². The molecule has 9 nitrogen and oxygen atoms in total. The maximum Gasteiger partial charge on any atom is 0.318 e. The van der Waals surface area contributed by atoms with Crippen molar-refractivity contribution in [2.24, 2.45) is 23.7 Å². The summed E-state index contributed by atoms with van der Waals surface area (Å²) < 4.78 is 18.3. The van der Waals surface area contributed by atoms with Crippen LogP contribution >= 0.6 is 11.8 Å². The predicted molar refractivity (Wildman–Crippen MR) is 154 cm³/mol. The molecule has 7 atom stereocenters. The minimum absolute atomic E-state index is 0.0708. The van der Waals surface area contributed by atoms with E-state index in [0.29, 0.717) is 24.8 Å². The van der Waals surface area contributed by atoms with Crippen molar-refractivity contribution >= 4 is 46.8 Å². The third-order valence-corrected chi connectivity index (χ3v) is 11.9. The summed E-state index contributed by atoms with van der Waals surface area (Å²) >= 11 is 1.90. The van der Waals surface area contributed by atoms with Crippen molar-refractivity contribution in [3.63, 3.8) is 0 Å². The molecule has 2 aliphatic heterocycles. The fourth-order valence-corrected chi connectivity index (χ4v) is 10.7. The zero-order valence-electron chi connectivity index (χ0n) is 24.0. The van der Waals surface area contributed by atoms with Gasteiger partial charge >= 0.3 is 23.9 Å². The largest absolute Gasteiger partial charge is 0.481 e. The molecule has 3 fully saturated rings. The molecule has 1 saturated heterocycles. The van der Waals surface area contributed by atoms with Gasteiger partial charge in [-0.05, 0) is 81.3 Å². The number of hydrogen-bond donors (Lipinski definition) is 2. The smallest absolute Gasteiger partial charge is 0.318 e. The molecule has 0 amide bonds. The number of hydrogen-bond acceptors (Lipinski definition) is 8. The molecule has 4 aliphatic rings. The van der Waals surface area contributed by atoms with Gasteiger partial charge < -0.3 is 24.1 Å². The summed E-state index contributed by atoms with van der Waals surface area (Å²) in [5, 5.41) is 19.0. The lowest BCUT2D eigenvalue weighted by Crippen LogP contribution is -2.50. The summed E-state index contributed by atoms with van der Waals surface area (Å²) in [6.45, 7) is 4.29. The van der Waals surface area contributed by atoms with Gasteiger partial charge in [-0.15, -0.1) is 11.8 Å². The first kappa shape index (κ1) is 29.1. The van der Waals surface area contributed by atoms with Gasteiger partial charge in [0.2, 0.25) is 0 Å². The van der Waals surface area contributed by atoms with E-state index in [9.17, 15) is 29.4 Å². The van der Waals surface area contributed by atoms with E-state index in [1.165, 1.54) is 0 Å². The van der Waals surface area contributed by atoms with Gasteiger partial charge in [-0.1, -0.05) is 26.0 Å². The summed E-state index contributed by atoms with van der Waals surface area (Å²) in [5.74, 6) is -3.18. The average molecular weight is 599 g/mol. The van der Waals surface area contributed by atoms with Gasteiger partial charge in [-0.3, -0.25) is 19.2 Å². The predicted octanol–water partition coefficient (Wildman–Crippen LogP) is 5.70. The minimum Gasteiger partial charge on any atom is -0.481 e. The highest BCUT2D eigenvalue weighted by Crippen LogP contribution is 2.62. The Bertz CT molecular complexity index is 1400. The molecule has 4 bridgehead atoms. The van der Waals surface area contributed by atoms with Crippen LogP contribution in [0.15, 0.2) is 28.7 Å². The molecule has 2 aliphatic carbocycles. The van der Waals surface area contributed by atoms with Crippen molar-refractivity contribution in [2.75, 3.05) is 0 Å². The molecular formula is C32H38O9S. The van der Waals surface area contributed by atoms with Crippen molar-refractivity contribution in [3.05, 3.63) is 35.4 Å². The van der Waals surface area contributed by atoms with Gasteiger partial charge in [0.1, 0.15) is 35.2 Å². The number of ether oxygens (including phenoxy) is 2.